The van der Waals surface area contributed by atoms with Crippen LogP contribution >= 0.6 is 24.0 Å². The summed E-state index contributed by atoms with van der Waals surface area (Å²) >= 11 is 0. The van der Waals surface area contributed by atoms with Gasteiger partial charge in [-0.15, -0.1) is 24.0 Å². The van der Waals surface area contributed by atoms with Crippen LogP contribution in [0.2, 0.25) is 0 Å². The van der Waals surface area contributed by atoms with Gasteiger partial charge in [0.05, 0.1) is 19.8 Å². The lowest BCUT2D eigenvalue weighted by Crippen LogP contribution is -2.44. The fourth-order valence-electron chi connectivity index (χ4n) is 2.98. The van der Waals surface area contributed by atoms with Gasteiger partial charge < -0.3 is 20.1 Å². The van der Waals surface area contributed by atoms with Crippen molar-refractivity contribution < 1.29 is 9.47 Å². The van der Waals surface area contributed by atoms with Gasteiger partial charge >= 0.3 is 0 Å². The summed E-state index contributed by atoms with van der Waals surface area (Å²) in [6.07, 6.45) is -0.0635. The van der Waals surface area contributed by atoms with Crippen molar-refractivity contribution in [3.05, 3.63) is 65.7 Å². The first-order valence-corrected chi connectivity index (χ1v) is 8.54. The molecule has 0 fully saturated rings. The highest BCUT2D eigenvalue weighted by molar-refractivity contribution is 14.0. The summed E-state index contributed by atoms with van der Waals surface area (Å²) in [5.74, 6) is 2.08. The fraction of sp³-hybridized carbons (Fsp3) is 0.350. The molecule has 1 aliphatic heterocycles. The maximum Gasteiger partial charge on any atom is 0.191 e. The van der Waals surface area contributed by atoms with Crippen LogP contribution in [0, 0.1) is 0 Å². The Morgan fingerprint density at radius 1 is 1.15 bits per heavy atom. The van der Waals surface area contributed by atoms with Crippen LogP contribution in [0.3, 0.4) is 0 Å². The average Bonchev–Trinajstić information content (AvgIpc) is 2.70. The van der Waals surface area contributed by atoms with Gasteiger partial charge in [-0.1, -0.05) is 42.5 Å². The lowest BCUT2D eigenvalue weighted by molar-refractivity contribution is 0.106. The number of nitrogens with one attached hydrogen (secondary N) is 2. The van der Waals surface area contributed by atoms with Crippen molar-refractivity contribution in [3.8, 4) is 5.75 Å². The van der Waals surface area contributed by atoms with Crippen LogP contribution in [0.4, 0.5) is 0 Å². The Morgan fingerprint density at radius 3 is 2.62 bits per heavy atom. The van der Waals surface area contributed by atoms with Crippen molar-refractivity contribution in [1.29, 1.82) is 0 Å². The van der Waals surface area contributed by atoms with E-state index in [-0.39, 0.29) is 30.1 Å². The van der Waals surface area contributed by atoms with Crippen molar-refractivity contribution in [2.75, 3.05) is 33.9 Å². The molecule has 26 heavy (non-hydrogen) atoms. The summed E-state index contributed by atoms with van der Waals surface area (Å²) in [5.41, 5.74) is 2.40. The summed E-state index contributed by atoms with van der Waals surface area (Å²) in [6, 6.07) is 18.4. The molecule has 6 heteroatoms. The van der Waals surface area contributed by atoms with Crippen molar-refractivity contribution >= 4 is 29.9 Å². The van der Waals surface area contributed by atoms with Crippen LogP contribution in [-0.4, -0.2) is 39.8 Å². The number of hydrogen-bond acceptors (Lipinski definition) is 5. The zero-order valence-corrected chi connectivity index (χ0v) is 17.5. The van der Waals surface area contributed by atoms with Crippen molar-refractivity contribution in [2.45, 2.75) is 12.0 Å². The first kappa shape index (κ1) is 20.5. The Kier molecular flexibility index (Phi) is 8.18. The van der Waals surface area contributed by atoms with E-state index in [0.717, 1.165) is 30.4 Å². The molecule has 5 nitrogen and oxygen atoms in total. The molecule has 0 amide bonds. The lowest BCUT2D eigenvalue weighted by Gasteiger charge is -2.25. The highest BCUT2D eigenvalue weighted by Crippen LogP contribution is 2.21. The number of halogens is 1. The number of benzene rings is 2. The Morgan fingerprint density at radius 2 is 1.96 bits per heavy atom. The molecule has 140 valence electrons. The van der Waals surface area contributed by atoms with E-state index in [0.29, 0.717) is 12.5 Å². The monoisotopic (exact) mass is 467 g/mol. The molecule has 0 radical (unpaired) electrons. The number of ether oxygens (including phenoxy) is 2. The van der Waals surface area contributed by atoms with Gasteiger partial charge in [-0.2, -0.15) is 0 Å². The van der Waals surface area contributed by atoms with Gasteiger partial charge in [-0.05, 0) is 23.3 Å². The summed E-state index contributed by atoms with van der Waals surface area (Å²) in [5, 5.41) is 6.73. The van der Waals surface area contributed by atoms with Crippen molar-refractivity contribution in [3.63, 3.8) is 0 Å². The van der Waals surface area contributed by atoms with Crippen LogP contribution in [0.25, 0.3) is 0 Å². The van der Waals surface area contributed by atoms with Crippen LogP contribution in [0.15, 0.2) is 59.6 Å². The van der Waals surface area contributed by atoms with Gasteiger partial charge in [-0.3, -0.25) is 4.99 Å². The van der Waals surface area contributed by atoms with E-state index < -0.39 is 0 Å². The van der Waals surface area contributed by atoms with Gasteiger partial charge in [0.2, 0.25) is 0 Å². The SMILES string of the molecule is COc1cccc(C(CNC2=NCC(c3ccccc3)CN2)OC)c1.I. The average molecular weight is 467 g/mol. The maximum absolute atomic E-state index is 5.62. The van der Waals surface area contributed by atoms with Crippen molar-refractivity contribution in [1.82, 2.24) is 10.6 Å². The predicted molar refractivity (Wildman–Crippen MR) is 116 cm³/mol. The molecule has 0 saturated heterocycles. The topological polar surface area (TPSA) is 54.9 Å². The minimum atomic E-state index is -0.0635. The second kappa shape index (κ2) is 10.4. The minimum absolute atomic E-state index is 0. The van der Waals surface area contributed by atoms with Gasteiger partial charge in [-0.25, -0.2) is 0 Å². The van der Waals surface area contributed by atoms with Crippen LogP contribution in [0.5, 0.6) is 5.75 Å². The molecule has 3 rings (SSSR count). The summed E-state index contributed by atoms with van der Waals surface area (Å²) < 4.78 is 10.9. The third-order valence-corrected chi connectivity index (χ3v) is 4.46. The molecule has 1 heterocycles. The van der Waals surface area contributed by atoms with Gasteiger partial charge in [0.15, 0.2) is 5.96 Å². The zero-order chi connectivity index (χ0) is 17.5. The van der Waals surface area contributed by atoms with Crippen LogP contribution < -0.4 is 15.4 Å². The molecule has 0 aliphatic carbocycles. The van der Waals surface area contributed by atoms with Crippen molar-refractivity contribution in [2.24, 2.45) is 4.99 Å². The van der Waals surface area contributed by atoms with Gasteiger partial charge in [0.1, 0.15) is 5.75 Å². The maximum atomic E-state index is 5.62. The number of hydrogen-bond donors (Lipinski definition) is 2. The second-order valence-electron chi connectivity index (χ2n) is 6.06. The number of aliphatic imine (C=N–C) groups is 1. The molecule has 0 spiro atoms. The number of guanidine groups is 1. The standard InChI is InChI=1S/C20H25N3O2.HI/c1-24-18-10-6-9-16(11-18)19(25-2)14-23-20-21-12-17(13-22-20)15-7-4-3-5-8-15;/h3-11,17,19H,12-14H2,1-2H3,(H2,21,22,23);1H. The van der Waals surface area contributed by atoms with Gasteiger partial charge in [0.25, 0.3) is 0 Å². The smallest absolute Gasteiger partial charge is 0.191 e. The normalized spacial score (nSPS) is 17.3. The van der Waals surface area contributed by atoms with E-state index in [4.69, 9.17) is 9.47 Å². The molecular weight excluding hydrogens is 441 g/mol. The number of nitrogens with zero attached hydrogens (tertiary/aromatic N) is 1. The molecule has 2 unspecified atom stereocenters. The summed E-state index contributed by atoms with van der Waals surface area (Å²) in [6.45, 7) is 2.31. The third kappa shape index (κ3) is 5.35. The second-order valence-corrected chi connectivity index (χ2v) is 6.06. The molecular formula is C20H26IN3O2. The van der Waals surface area contributed by atoms with Crippen LogP contribution in [0.1, 0.15) is 23.1 Å². The van der Waals surface area contributed by atoms with E-state index in [1.54, 1.807) is 14.2 Å². The Labute approximate surface area is 172 Å². The molecule has 2 aromatic carbocycles. The fourth-order valence-corrected chi connectivity index (χ4v) is 2.98. The van der Waals surface area contributed by atoms with E-state index >= 15 is 0 Å². The minimum Gasteiger partial charge on any atom is -0.497 e. The highest BCUT2D eigenvalue weighted by Gasteiger charge is 2.18. The largest absolute Gasteiger partial charge is 0.497 e. The van der Waals surface area contributed by atoms with E-state index in [2.05, 4.69) is 39.9 Å². The first-order chi connectivity index (χ1) is 12.3. The lowest BCUT2D eigenvalue weighted by atomic mass is 9.98. The van der Waals surface area contributed by atoms with E-state index in [9.17, 15) is 0 Å². The molecule has 0 aromatic heterocycles. The summed E-state index contributed by atoms with van der Waals surface area (Å²) in [4.78, 5) is 4.64. The first-order valence-electron chi connectivity index (χ1n) is 8.54. The molecule has 1 aliphatic rings. The van der Waals surface area contributed by atoms with E-state index in [1.165, 1.54) is 5.56 Å². The Hall–Kier alpha value is -1.80. The summed E-state index contributed by atoms with van der Waals surface area (Å²) in [7, 11) is 3.39. The Balaban J connectivity index is 0.00000243. The van der Waals surface area contributed by atoms with E-state index in [1.807, 2.05) is 30.3 Å². The third-order valence-electron chi connectivity index (χ3n) is 4.46. The van der Waals surface area contributed by atoms with Crippen LogP contribution in [-0.2, 0) is 4.74 Å². The predicted octanol–water partition coefficient (Wildman–Crippen LogP) is 3.33. The quantitative estimate of drug-likeness (QED) is 0.641. The molecule has 0 saturated carbocycles. The Bertz CT molecular complexity index is 709. The zero-order valence-electron chi connectivity index (χ0n) is 15.1. The number of methoxy groups -OCH3 is 2. The highest BCUT2D eigenvalue weighted by atomic mass is 127. The molecule has 2 atom stereocenters. The molecule has 2 aromatic rings. The number of rotatable bonds is 6. The van der Waals surface area contributed by atoms with Gasteiger partial charge in [0, 0.05) is 26.1 Å². The molecule has 2 N–H and O–H groups in total. The molecule has 0 bridgehead atoms.